The van der Waals surface area contributed by atoms with Crippen LogP contribution >= 0.6 is 0 Å². The number of carbonyl (C=O) groups is 1. The molecule has 0 radical (unpaired) electrons. The summed E-state index contributed by atoms with van der Waals surface area (Å²) in [5.74, 6) is 0.799. The number of fused-ring (bicyclic) bond motifs is 1. The van der Waals surface area contributed by atoms with E-state index >= 15 is 0 Å². The number of para-hydroxylation sites is 1. The number of aromatic nitrogens is 2. The van der Waals surface area contributed by atoms with Crippen molar-refractivity contribution in [2.75, 3.05) is 19.0 Å². The number of methoxy groups -OCH3 is 1. The molecular weight excluding hydrogens is 356 g/mol. The minimum atomic E-state index is -0.145. The number of nitrogens with one attached hydrogen (secondary N) is 1. The number of anilines is 1. The average Bonchev–Trinajstić information content (AvgIpc) is 3.28. The molecule has 7 heteroatoms. The molecule has 2 amide bonds. The summed E-state index contributed by atoms with van der Waals surface area (Å²) in [6, 6.07) is 13.2. The summed E-state index contributed by atoms with van der Waals surface area (Å²) >= 11 is 0. The van der Waals surface area contributed by atoms with Crippen LogP contribution in [0.1, 0.15) is 24.4 Å². The maximum atomic E-state index is 13.0. The smallest absolute Gasteiger partial charge is 0.328 e. The van der Waals surface area contributed by atoms with Crippen LogP contribution in [0.15, 0.2) is 47.3 Å². The highest BCUT2D eigenvalue weighted by atomic mass is 16.5. The van der Waals surface area contributed by atoms with E-state index in [1.54, 1.807) is 30.3 Å². The van der Waals surface area contributed by atoms with Crippen molar-refractivity contribution in [3.8, 4) is 5.75 Å². The second-order valence-corrected chi connectivity index (χ2v) is 7.13. The summed E-state index contributed by atoms with van der Waals surface area (Å²) in [4.78, 5) is 27.0. The van der Waals surface area contributed by atoms with Gasteiger partial charge in [-0.15, -0.1) is 0 Å². The molecule has 1 atom stereocenters. The fourth-order valence-corrected chi connectivity index (χ4v) is 4.05. The number of amides is 2. The van der Waals surface area contributed by atoms with E-state index in [9.17, 15) is 9.59 Å². The number of carbonyl (C=O) groups excluding carboxylic acids is 1. The summed E-state index contributed by atoms with van der Waals surface area (Å²) in [6.45, 7) is 0.695. The maximum absolute atomic E-state index is 13.0. The Hall–Kier alpha value is -3.22. The average molecular weight is 380 g/mol. The lowest BCUT2D eigenvalue weighted by Gasteiger charge is -2.26. The van der Waals surface area contributed by atoms with Crippen LogP contribution in [0.25, 0.3) is 11.0 Å². The minimum absolute atomic E-state index is 0.0130. The maximum Gasteiger partial charge on any atom is 0.328 e. The largest absolute Gasteiger partial charge is 0.496 e. The Morgan fingerprint density at radius 1 is 1.11 bits per heavy atom. The fourth-order valence-electron chi connectivity index (χ4n) is 4.05. The lowest BCUT2D eigenvalue weighted by molar-refractivity contribution is 0.206. The molecule has 0 saturated carbocycles. The van der Waals surface area contributed by atoms with Crippen LogP contribution in [-0.4, -0.2) is 33.7 Å². The Kier molecular flexibility index (Phi) is 4.58. The molecule has 146 valence electrons. The zero-order chi connectivity index (χ0) is 19.8. The lowest BCUT2D eigenvalue weighted by atomic mass is 10.0. The molecule has 1 N–H and O–H groups in total. The van der Waals surface area contributed by atoms with E-state index in [1.165, 1.54) is 0 Å². The first-order valence-corrected chi connectivity index (χ1v) is 9.37. The van der Waals surface area contributed by atoms with Crippen LogP contribution in [0.2, 0.25) is 0 Å². The molecule has 0 bridgehead atoms. The van der Waals surface area contributed by atoms with Gasteiger partial charge in [-0.3, -0.25) is 9.13 Å². The molecule has 3 aromatic rings. The minimum Gasteiger partial charge on any atom is -0.496 e. The number of likely N-dealkylation sites (tertiary alicyclic amines) is 1. The van der Waals surface area contributed by atoms with Crippen molar-refractivity contribution in [2.45, 2.75) is 18.9 Å². The van der Waals surface area contributed by atoms with Crippen molar-refractivity contribution in [3.63, 3.8) is 0 Å². The zero-order valence-corrected chi connectivity index (χ0v) is 16.3. The first-order valence-electron chi connectivity index (χ1n) is 9.37. The van der Waals surface area contributed by atoms with Crippen LogP contribution in [0.4, 0.5) is 10.5 Å². The molecule has 1 aliphatic rings. The number of imidazole rings is 1. The molecule has 4 rings (SSSR count). The van der Waals surface area contributed by atoms with Crippen molar-refractivity contribution in [1.29, 1.82) is 0 Å². The van der Waals surface area contributed by atoms with Crippen molar-refractivity contribution < 1.29 is 9.53 Å². The Morgan fingerprint density at radius 3 is 2.64 bits per heavy atom. The molecule has 2 heterocycles. The van der Waals surface area contributed by atoms with Crippen molar-refractivity contribution >= 4 is 22.8 Å². The van der Waals surface area contributed by atoms with Crippen LogP contribution in [0, 0.1) is 0 Å². The Balaban J connectivity index is 1.60. The molecule has 0 spiro atoms. The molecule has 28 heavy (non-hydrogen) atoms. The van der Waals surface area contributed by atoms with Gasteiger partial charge in [0, 0.05) is 31.9 Å². The van der Waals surface area contributed by atoms with Gasteiger partial charge in [0.15, 0.2) is 0 Å². The number of benzene rings is 2. The third-order valence-electron chi connectivity index (χ3n) is 5.53. The van der Waals surface area contributed by atoms with Gasteiger partial charge in [0.25, 0.3) is 0 Å². The van der Waals surface area contributed by atoms with Gasteiger partial charge in [0.05, 0.1) is 24.2 Å². The Morgan fingerprint density at radius 2 is 1.86 bits per heavy atom. The molecule has 1 aromatic heterocycles. The number of nitrogens with zero attached hydrogens (tertiary/aromatic N) is 3. The van der Waals surface area contributed by atoms with E-state index in [0.29, 0.717) is 12.2 Å². The van der Waals surface area contributed by atoms with Gasteiger partial charge in [-0.1, -0.05) is 18.2 Å². The normalized spacial score (nSPS) is 16.5. The number of hydrogen-bond donors (Lipinski definition) is 1. The number of hydrogen-bond acceptors (Lipinski definition) is 3. The second-order valence-electron chi connectivity index (χ2n) is 7.13. The van der Waals surface area contributed by atoms with E-state index in [2.05, 4.69) is 5.32 Å². The highest BCUT2D eigenvalue weighted by molar-refractivity contribution is 5.92. The SMILES string of the molecule is COc1ccccc1C1CCCN1C(=O)Nc1ccc2c(c1)n(C)c(=O)n2C. The van der Waals surface area contributed by atoms with Gasteiger partial charge in [-0.05, 0) is 37.1 Å². The van der Waals surface area contributed by atoms with E-state index in [-0.39, 0.29) is 17.8 Å². The van der Waals surface area contributed by atoms with E-state index in [4.69, 9.17) is 4.74 Å². The monoisotopic (exact) mass is 380 g/mol. The summed E-state index contributed by atoms with van der Waals surface area (Å²) < 4.78 is 8.66. The van der Waals surface area contributed by atoms with E-state index in [1.807, 2.05) is 47.4 Å². The highest BCUT2D eigenvalue weighted by Crippen LogP contribution is 2.37. The molecule has 0 aliphatic carbocycles. The predicted octanol–water partition coefficient (Wildman–Crippen LogP) is 3.25. The van der Waals surface area contributed by atoms with E-state index < -0.39 is 0 Å². The number of ether oxygens (including phenoxy) is 1. The topological polar surface area (TPSA) is 68.5 Å². The van der Waals surface area contributed by atoms with Crippen molar-refractivity contribution in [3.05, 3.63) is 58.5 Å². The fraction of sp³-hybridized carbons (Fsp3) is 0.333. The van der Waals surface area contributed by atoms with Crippen molar-refractivity contribution in [1.82, 2.24) is 14.0 Å². The lowest BCUT2D eigenvalue weighted by Crippen LogP contribution is -2.34. The van der Waals surface area contributed by atoms with Gasteiger partial charge in [-0.25, -0.2) is 9.59 Å². The van der Waals surface area contributed by atoms with Crippen LogP contribution in [-0.2, 0) is 14.1 Å². The third kappa shape index (κ3) is 2.93. The van der Waals surface area contributed by atoms with Gasteiger partial charge in [0.1, 0.15) is 5.75 Å². The Labute approximate surface area is 163 Å². The Bertz CT molecular complexity index is 1100. The second kappa shape index (κ2) is 7.07. The van der Waals surface area contributed by atoms with Crippen molar-refractivity contribution in [2.24, 2.45) is 14.1 Å². The number of aryl methyl sites for hydroxylation is 2. The molecule has 7 nitrogen and oxygen atoms in total. The van der Waals surface area contributed by atoms with Crippen LogP contribution in [0.5, 0.6) is 5.75 Å². The highest BCUT2D eigenvalue weighted by Gasteiger charge is 2.31. The standard InChI is InChI=1S/C21H24N4O3/c1-23-17-11-10-14(13-18(17)24(2)21(23)27)22-20(26)25-12-6-8-16(25)15-7-4-5-9-19(15)28-3/h4-5,7,9-11,13,16H,6,8,12H2,1-3H3,(H,22,26). The molecule has 1 aliphatic heterocycles. The van der Waals surface area contributed by atoms with Gasteiger partial charge < -0.3 is 15.0 Å². The summed E-state index contributed by atoms with van der Waals surface area (Å²) in [5.41, 5.74) is 3.23. The zero-order valence-electron chi connectivity index (χ0n) is 16.3. The molecule has 1 unspecified atom stereocenters. The number of urea groups is 1. The summed E-state index contributed by atoms with van der Waals surface area (Å²) in [7, 11) is 5.12. The predicted molar refractivity (Wildman–Crippen MR) is 109 cm³/mol. The third-order valence-corrected chi connectivity index (χ3v) is 5.53. The van der Waals surface area contributed by atoms with Gasteiger partial charge >= 0.3 is 11.7 Å². The van der Waals surface area contributed by atoms with Gasteiger partial charge in [-0.2, -0.15) is 0 Å². The molecule has 2 aromatic carbocycles. The first-order chi connectivity index (χ1) is 13.5. The van der Waals surface area contributed by atoms with Crippen LogP contribution < -0.4 is 15.7 Å². The summed E-state index contributed by atoms with van der Waals surface area (Å²) in [6.07, 6.45) is 1.85. The molecule has 1 saturated heterocycles. The molecular formula is C21H24N4O3. The molecule has 1 fully saturated rings. The summed E-state index contributed by atoms with van der Waals surface area (Å²) in [5, 5.41) is 2.99. The first kappa shape index (κ1) is 18.2. The van der Waals surface area contributed by atoms with Gasteiger partial charge in [0.2, 0.25) is 0 Å². The quantitative estimate of drug-likeness (QED) is 0.758. The number of rotatable bonds is 3. The van der Waals surface area contributed by atoms with Crippen LogP contribution in [0.3, 0.4) is 0 Å². The van der Waals surface area contributed by atoms with E-state index in [0.717, 1.165) is 35.2 Å².